The van der Waals surface area contributed by atoms with Crippen molar-refractivity contribution >= 4 is 18.3 Å². The van der Waals surface area contributed by atoms with Gasteiger partial charge in [-0.25, -0.2) is 38.9 Å². The third-order valence-electron chi connectivity index (χ3n) is 21.2. The number of ether oxygens (including phenoxy) is 11. The van der Waals surface area contributed by atoms with Crippen molar-refractivity contribution in [3.8, 4) is 0 Å². The Morgan fingerprint density at radius 1 is 0.447 bits per heavy atom. The van der Waals surface area contributed by atoms with Gasteiger partial charge in [0, 0.05) is 68.5 Å². The van der Waals surface area contributed by atoms with E-state index in [9.17, 15) is 14.4 Å². The van der Waals surface area contributed by atoms with Crippen LogP contribution >= 0.6 is 0 Å². The highest BCUT2D eigenvalue weighted by Gasteiger charge is 2.73. The van der Waals surface area contributed by atoms with E-state index in [1.807, 2.05) is 39.5 Å². The maximum Gasteiger partial charge on any atom is 0.510 e. The fourth-order valence-electron chi connectivity index (χ4n) is 16.8. The van der Waals surface area contributed by atoms with Gasteiger partial charge in [-0.3, -0.25) is 9.69 Å². The molecule has 3 spiro atoms. The van der Waals surface area contributed by atoms with E-state index in [0.717, 1.165) is 57.8 Å². The first-order valence-corrected chi connectivity index (χ1v) is 28.9. The fourth-order valence-corrected chi connectivity index (χ4v) is 16.8. The average Bonchev–Trinajstić information content (AvgIpc) is 3.91. The quantitative estimate of drug-likeness (QED) is 0.0966. The van der Waals surface area contributed by atoms with Gasteiger partial charge in [0.25, 0.3) is 0 Å². The lowest BCUT2D eigenvalue weighted by molar-refractivity contribution is -0.576. The van der Waals surface area contributed by atoms with E-state index >= 15 is 0 Å². The van der Waals surface area contributed by atoms with Gasteiger partial charge in [-0.15, -0.1) is 0 Å². The lowest BCUT2D eigenvalue weighted by atomic mass is 9.57. The number of fused-ring (bicyclic) bond motifs is 6. The summed E-state index contributed by atoms with van der Waals surface area (Å²) in [6, 6.07) is 0. The third-order valence-corrected chi connectivity index (χ3v) is 21.2. The van der Waals surface area contributed by atoms with E-state index in [0.29, 0.717) is 37.0 Å². The zero-order valence-corrected chi connectivity index (χ0v) is 45.9. The zero-order chi connectivity index (χ0) is 53.2. The number of rotatable bonds is 13. The van der Waals surface area contributed by atoms with Crippen LogP contribution in [0, 0.1) is 71.0 Å². The van der Waals surface area contributed by atoms with E-state index in [-0.39, 0.29) is 99.1 Å². The van der Waals surface area contributed by atoms with Gasteiger partial charge in [-0.2, -0.15) is 0 Å². The molecule has 15 fully saturated rings. The zero-order valence-electron chi connectivity index (χ0n) is 45.9. The second-order valence-corrected chi connectivity index (χ2v) is 25.7. The monoisotopic (exact) mass is 1080 g/mol. The van der Waals surface area contributed by atoms with Crippen LogP contribution in [0.25, 0.3) is 0 Å². The number of carbonyl (C=O) groups is 3. The molecule has 6 bridgehead atoms. The summed E-state index contributed by atoms with van der Waals surface area (Å²) in [7, 11) is 0. The number of esters is 1. The molecule has 24 atom stereocenters. The first kappa shape index (κ1) is 54.1. The molecule has 12 saturated heterocycles. The van der Waals surface area contributed by atoms with Crippen molar-refractivity contribution in [1.82, 2.24) is 4.90 Å². The molecule has 428 valence electrons. The number of hydrogen-bond donors (Lipinski definition) is 0. The largest absolute Gasteiger partial charge is 0.510 e. The SMILES string of the molecule is C[C@H]1[C@H](OC(=O)OCCN(CCOC(=O)CC2O[C@@H]3O[C@]4(C)CC[C@H]5[C@H](C)CC[C@@H]([C@H]2C)[C@@]35OO4)CCOC(=O)O[C@@H]2O[C@@H]3O[C@]4(C)CC[C@H]5[C@H](C)CC[C@@H]([C@H]2C)[C@@]35OO4)O[C@@H]2O[C@]3(C)CC[C@H]4[C@H](C)CC[C@@H]1[C@@]24OO3. The summed E-state index contributed by atoms with van der Waals surface area (Å²) in [6.45, 7) is 18.9. The summed E-state index contributed by atoms with van der Waals surface area (Å²) < 4.78 is 68.0. The van der Waals surface area contributed by atoms with Gasteiger partial charge in [0.2, 0.25) is 29.9 Å². The van der Waals surface area contributed by atoms with Gasteiger partial charge >= 0.3 is 18.3 Å². The molecule has 0 N–H and O–H groups in total. The normalized spacial score (nSPS) is 51.4. The summed E-state index contributed by atoms with van der Waals surface area (Å²) in [4.78, 5) is 79.2. The summed E-state index contributed by atoms with van der Waals surface area (Å²) >= 11 is 0. The van der Waals surface area contributed by atoms with Crippen LogP contribution in [0.5, 0.6) is 0 Å². The molecule has 21 heteroatoms. The molecule has 0 aromatic rings. The summed E-state index contributed by atoms with van der Waals surface area (Å²) in [5.41, 5.74) is -2.35. The van der Waals surface area contributed by atoms with Gasteiger partial charge in [0.05, 0.1) is 12.5 Å². The molecular weight excluding hydrogens is 995 g/mol. The number of carbonyl (C=O) groups excluding carboxylic acids is 3. The van der Waals surface area contributed by atoms with Crippen molar-refractivity contribution in [2.24, 2.45) is 71.0 Å². The lowest BCUT2D eigenvalue weighted by Crippen LogP contribution is -2.70. The minimum atomic E-state index is -0.978. The highest BCUT2D eigenvalue weighted by Crippen LogP contribution is 2.64. The molecule has 76 heavy (non-hydrogen) atoms. The van der Waals surface area contributed by atoms with E-state index < -0.39 is 90.0 Å². The predicted molar refractivity (Wildman–Crippen MR) is 257 cm³/mol. The average molecular weight is 1080 g/mol. The van der Waals surface area contributed by atoms with Gasteiger partial charge in [-0.1, -0.05) is 41.5 Å². The molecular formula is C55H83NO20. The van der Waals surface area contributed by atoms with E-state index in [1.54, 1.807) is 0 Å². The standard InChI is InChI=1S/C55H83NO20/c1-29-10-13-38-32(4)41(63-45-53(38)35(29)16-19-50(7,68-45)71-74-53)28-42(57)60-25-22-56(23-26-61-48(58)66-43-33(5)39-14-11-30(2)36-17-20-51(8)69-46(64-43)54(36,39)75-72-51)24-27-62-49(59)67-44-34(6)40-15-12-31(3)37-18-21-52(9)70-47(65-44)55(37,40)76-73-52/h29-41,43-47H,10-28H2,1-9H3/t29-,30-,31-,32-,33-,34-,35+,36+,37+,38+,39+,40+,41?,43+,44+,45-,46-,47-,50+,51+,52+,53-,54-,55-/m1/s1. The molecule has 12 heterocycles. The van der Waals surface area contributed by atoms with Crippen LogP contribution in [-0.4, -0.2) is 134 Å². The van der Waals surface area contributed by atoms with Crippen molar-refractivity contribution in [2.75, 3.05) is 39.5 Å². The molecule has 15 rings (SSSR count). The van der Waals surface area contributed by atoms with Crippen LogP contribution in [0.2, 0.25) is 0 Å². The maximum atomic E-state index is 13.7. The van der Waals surface area contributed by atoms with Crippen LogP contribution in [0.15, 0.2) is 0 Å². The third kappa shape index (κ3) is 9.02. The topological polar surface area (TPSA) is 211 Å². The molecule has 3 saturated carbocycles. The Morgan fingerprint density at radius 3 is 1.22 bits per heavy atom. The highest BCUT2D eigenvalue weighted by molar-refractivity contribution is 5.70. The Morgan fingerprint density at radius 2 is 0.816 bits per heavy atom. The fraction of sp³-hybridized carbons (Fsp3) is 0.945. The van der Waals surface area contributed by atoms with Crippen molar-refractivity contribution < 1.29 is 95.8 Å². The Kier molecular flexibility index (Phi) is 14.4. The van der Waals surface area contributed by atoms with Crippen molar-refractivity contribution in [3.63, 3.8) is 0 Å². The number of hydrogen-bond acceptors (Lipinski definition) is 21. The Balaban J connectivity index is 0.671. The van der Waals surface area contributed by atoms with Crippen molar-refractivity contribution in [2.45, 2.75) is 218 Å². The van der Waals surface area contributed by atoms with Crippen LogP contribution in [0.1, 0.15) is 146 Å². The van der Waals surface area contributed by atoms with E-state index in [1.165, 1.54) is 0 Å². The number of nitrogens with zero attached hydrogens (tertiary/aromatic N) is 1. The van der Waals surface area contributed by atoms with Crippen molar-refractivity contribution in [3.05, 3.63) is 0 Å². The van der Waals surface area contributed by atoms with Gasteiger partial charge in [0.1, 0.15) is 19.8 Å². The second kappa shape index (κ2) is 20.2. The molecule has 0 radical (unpaired) electrons. The minimum Gasteiger partial charge on any atom is -0.464 e. The highest BCUT2D eigenvalue weighted by atomic mass is 17.3. The maximum absolute atomic E-state index is 13.7. The molecule has 3 aliphatic carbocycles. The predicted octanol–water partition coefficient (Wildman–Crippen LogP) is 8.19. The molecule has 15 aliphatic rings. The lowest BCUT2D eigenvalue weighted by Gasteiger charge is -2.60. The molecule has 21 nitrogen and oxygen atoms in total. The Labute approximate surface area is 445 Å². The van der Waals surface area contributed by atoms with Crippen molar-refractivity contribution in [1.29, 1.82) is 0 Å². The first-order chi connectivity index (χ1) is 36.3. The Bertz CT molecular complexity index is 1940. The van der Waals surface area contributed by atoms with E-state index in [2.05, 4.69) is 27.7 Å². The minimum absolute atomic E-state index is 0.00127. The van der Waals surface area contributed by atoms with Gasteiger partial charge in [0.15, 0.2) is 35.7 Å². The molecule has 0 aromatic carbocycles. The van der Waals surface area contributed by atoms with Crippen LogP contribution < -0.4 is 0 Å². The summed E-state index contributed by atoms with van der Waals surface area (Å²) in [6.07, 6.45) is 3.94. The molecule has 0 aromatic heterocycles. The second-order valence-electron chi connectivity index (χ2n) is 25.7. The Hall–Kier alpha value is -2.51. The molecule has 12 aliphatic heterocycles. The van der Waals surface area contributed by atoms with Crippen LogP contribution in [0.4, 0.5) is 9.59 Å². The smallest absolute Gasteiger partial charge is 0.464 e. The summed E-state index contributed by atoms with van der Waals surface area (Å²) in [5.74, 6) is -2.13. The van der Waals surface area contributed by atoms with Gasteiger partial charge < -0.3 is 52.1 Å². The first-order valence-electron chi connectivity index (χ1n) is 28.9. The van der Waals surface area contributed by atoms with Crippen LogP contribution in [0.3, 0.4) is 0 Å². The van der Waals surface area contributed by atoms with Gasteiger partial charge in [-0.05, 0) is 120 Å². The summed E-state index contributed by atoms with van der Waals surface area (Å²) in [5, 5.41) is 0. The van der Waals surface area contributed by atoms with Crippen LogP contribution in [-0.2, 0) is 86.2 Å². The molecule has 0 amide bonds. The van der Waals surface area contributed by atoms with E-state index in [4.69, 9.17) is 81.4 Å². The molecule has 1 unspecified atom stereocenters.